The van der Waals surface area contributed by atoms with E-state index in [1.165, 1.54) is 12.2 Å². The molecule has 1 heterocycles. The van der Waals surface area contributed by atoms with Crippen LogP contribution in [0.5, 0.6) is 0 Å². The maximum absolute atomic E-state index is 11.4. The molecule has 1 aromatic rings. The highest BCUT2D eigenvalue weighted by molar-refractivity contribution is 7.99. The second kappa shape index (κ2) is 5.45. The molecule has 2 rings (SSSR count). The van der Waals surface area contributed by atoms with Crippen LogP contribution in [0.25, 0.3) is 0 Å². The van der Waals surface area contributed by atoms with Crippen LogP contribution in [0.1, 0.15) is 36.2 Å². The Morgan fingerprint density at radius 1 is 1.47 bits per heavy atom. The monoisotopic (exact) mass is 278 g/mol. The summed E-state index contributed by atoms with van der Waals surface area (Å²) in [6.45, 7) is 6.56. The highest BCUT2D eigenvalue weighted by Crippen LogP contribution is 2.36. The maximum atomic E-state index is 11.4. The average molecular weight is 278 g/mol. The summed E-state index contributed by atoms with van der Waals surface area (Å²) in [4.78, 5) is 11.4. The van der Waals surface area contributed by atoms with E-state index < -0.39 is 0 Å². The Labute approximate surface area is 119 Å². The van der Waals surface area contributed by atoms with E-state index in [1.54, 1.807) is 6.07 Å². The van der Waals surface area contributed by atoms with Gasteiger partial charge in [-0.2, -0.15) is 11.8 Å². The zero-order valence-corrected chi connectivity index (χ0v) is 12.6. The number of primary amides is 1. The minimum Gasteiger partial charge on any atom is -0.381 e. The minimum atomic E-state index is -0.363. The van der Waals surface area contributed by atoms with Crippen LogP contribution in [0.2, 0.25) is 0 Å². The molecule has 1 aromatic carbocycles. The Morgan fingerprint density at radius 3 is 2.84 bits per heavy atom. The zero-order valence-electron chi connectivity index (χ0n) is 11.8. The van der Waals surface area contributed by atoms with E-state index in [2.05, 4.69) is 19.2 Å². The van der Waals surface area contributed by atoms with E-state index in [-0.39, 0.29) is 11.3 Å². The van der Waals surface area contributed by atoms with Gasteiger partial charge in [-0.1, -0.05) is 19.9 Å². The van der Waals surface area contributed by atoms with Gasteiger partial charge >= 0.3 is 0 Å². The van der Waals surface area contributed by atoms with Crippen LogP contribution in [-0.2, 0) is 0 Å². The number of hydrogen-bond acceptors (Lipinski definition) is 3. The molecule has 0 saturated carbocycles. The molecule has 104 valence electrons. The van der Waals surface area contributed by atoms with E-state index in [9.17, 15) is 4.79 Å². The number of carbonyl (C=O) groups is 1. The molecule has 3 N–H and O–H groups in total. The summed E-state index contributed by atoms with van der Waals surface area (Å²) >= 11 is 1.99. The molecule has 0 aromatic heterocycles. The lowest BCUT2D eigenvalue weighted by molar-refractivity contribution is 0.1000. The lowest BCUT2D eigenvalue weighted by atomic mass is 9.82. The van der Waals surface area contributed by atoms with Crippen LogP contribution in [0.4, 0.5) is 5.69 Å². The quantitative estimate of drug-likeness (QED) is 0.893. The third-order valence-electron chi connectivity index (χ3n) is 4.05. The minimum absolute atomic E-state index is 0.278. The van der Waals surface area contributed by atoms with E-state index in [4.69, 9.17) is 5.73 Å². The SMILES string of the molecule is Cc1c(NC2CSCCC2(C)C)cccc1C(N)=O. The molecule has 1 atom stereocenters. The molecule has 1 unspecified atom stereocenters. The van der Waals surface area contributed by atoms with E-state index >= 15 is 0 Å². The van der Waals surface area contributed by atoms with Crippen molar-refractivity contribution in [2.24, 2.45) is 11.1 Å². The second-order valence-electron chi connectivity index (χ2n) is 5.85. The van der Waals surface area contributed by atoms with Crippen molar-refractivity contribution in [3.05, 3.63) is 29.3 Å². The first-order valence-corrected chi connectivity index (χ1v) is 7.81. The van der Waals surface area contributed by atoms with Crippen molar-refractivity contribution in [1.29, 1.82) is 0 Å². The summed E-state index contributed by atoms with van der Waals surface area (Å²) in [6, 6.07) is 6.12. The van der Waals surface area contributed by atoms with Crippen LogP contribution in [0, 0.1) is 12.3 Å². The smallest absolute Gasteiger partial charge is 0.249 e. The van der Waals surface area contributed by atoms with Crippen molar-refractivity contribution in [2.45, 2.75) is 33.2 Å². The van der Waals surface area contributed by atoms with Crippen LogP contribution < -0.4 is 11.1 Å². The normalized spacial score (nSPS) is 21.9. The van der Waals surface area contributed by atoms with Gasteiger partial charge in [0.2, 0.25) is 5.91 Å². The van der Waals surface area contributed by atoms with Gasteiger partial charge in [0.05, 0.1) is 0 Å². The standard InChI is InChI=1S/C15H22N2OS/c1-10-11(14(16)18)5-4-6-12(10)17-13-9-19-8-7-15(13,2)3/h4-6,13,17H,7-9H2,1-3H3,(H2,16,18). The van der Waals surface area contributed by atoms with Crippen LogP contribution in [0.15, 0.2) is 18.2 Å². The van der Waals surface area contributed by atoms with Crippen molar-refractivity contribution in [3.8, 4) is 0 Å². The first-order valence-electron chi connectivity index (χ1n) is 6.65. The molecule has 3 nitrogen and oxygen atoms in total. The Balaban J connectivity index is 2.23. The lowest BCUT2D eigenvalue weighted by Crippen LogP contribution is -2.41. The van der Waals surface area contributed by atoms with E-state index in [1.807, 2.05) is 30.8 Å². The van der Waals surface area contributed by atoms with Gasteiger partial charge in [-0.15, -0.1) is 0 Å². The fourth-order valence-electron chi connectivity index (χ4n) is 2.42. The Bertz CT molecular complexity index is 485. The molecule has 1 aliphatic heterocycles. The van der Waals surface area contributed by atoms with Crippen molar-refractivity contribution < 1.29 is 4.79 Å². The third-order valence-corrected chi connectivity index (χ3v) is 5.11. The van der Waals surface area contributed by atoms with Gasteiger partial charge in [0.25, 0.3) is 0 Å². The molecule has 4 heteroatoms. The van der Waals surface area contributed by atoms with Gasteiger partial charge in [-0.05, 0) is 42.2 Å². The van der Waals surface area contributed by atoms with E-state index in [0.29, 0.717) is 11.6 Å². The fraction of sp³-hybridized carbons (Fsp3) is 0.533. The number of hydrogen-bond donors (Lipinski definition) is 2. The highest BCUT2D eigenvalue weighted by Gasteiger charge is 2.32. The molecule has 1 aliphatic rings. The average Bonchev–Trinajstić information content (AvgIpc) is 2.33. The molecular weight excluding hydrogens is 256 g/mol. The van der Waals surface area contributed by atoms with Gasteiger partial charge in [0.1, 0.15) is 0 Å². The number of anilines is 1. The number of rotatable bonds is 3. The Morgan fingerprint density at radius 2 is 2.21 bits per heavy atom. The summed E-state index contributed by atoms with van der Waals surface area (Å²) in [7, 11) is 0. The van der Waals surface area contributed by atoms with Crippen LogP contribution in [0.3, 0.4) is 0 Å². The summed E-state index contributed by atoms with van der Waals surface area (Å²) in [5, 5.41) is 3.61. The number of nitrogens with one attached hydrogen (secondary N) is 1. The predicted octanol–water partition coefficient (Wildman–Crippen LogP) is 3.04. The lowest BCUT2D eigenvalue weighted by Gasteiger charge is -2.39. The summed E-state index contributed by atoms with van der Waals surface area (Å²) in [6.07, 6.45) is 1.21. The number of carbonyl (C=O) groups excluding carboxylic acids is 1. The molecule has 0 radical (unpaired) electrons. The van der Waals surface area contributed by atoms with Gasteiger partial charge in [-0.3, -0.25) is 4.79 Å². The van der Waals surface area contributed by atoms with Gasteiger partial charge in [0.15, 0.2) is 0 Å². The topological polar surface area (TPSA) is 55.1 Å². The number of benzene rings is 1. The molecule has 1 fully saturated rings. The number of thioether (sulfide) groups is 1. The summed E-state index contributed by atoms with van der Waals surface area (Å²) < 4.78 is 0. The van der Waals surface area contributed by atoms with Crippen molar-refractivity contribution >= 4 is 23.4 Å². The summed E-state index contributed by atoms with van der Waals surface area (Å²) in [5.41, 5.74) is 8.25. The fourth-order valence-corrected chi connectivity index (χ4v) is 4.03. The highest BCUT2D eigenvalue weighted by atomic mass is 32.2. The molecule has 0 spiro atoms. The molecule has 1 saturated heterocycles. The Hall–Kier alpha value is -1.16. The molecule has 1 amide bonds. The van der Waals surface area contributed by atoms with E-state index in [0.717, 1.165) is 17.0 Å². The molecule has 19 heavy (non-hydrogen) atoms. The third kappa shape index (κ3) is 3.06. The van der Waals surface area contributed by atoms with Crippen molar-refractivity contribution in [1.82, 2.24) is 0 Å². The van der Waals surface area contributed by atoms with Gasteiger partial charge in [-0.25, -0.2) is 0 Å². The van der Waals surface area contributed by atoms with Gasteiger partial charge in [0, 0.05) is 23.0 Å². The number of nitrogens with two attached hydrogens (primary N) is 1. The first-order chi connectivity index (χ1) is 8.92. The second-order valence-corrected chi connectivity index (χ2v) is 7.00. The largest absolute Gasteiger partial charge is 0.381 e. The maximum Gasteiger partial charge on any atom is 0.249 e. The molecule has 0 aliphatic carbocycles. The van der Waals surface area contributed by atoms with Crippen LogP contribution in [-0.4, -0.2) is 23.5 Å². The van der Waals surface area contributed by atoms with Crippen molar-refractivity contribution in [2.75, 3.05) is 16.8 Å². The van der Waals surface area contributed by atoms with Gasteiger partial charge < -0.3 is 11.1 Å². The predicted molar refractivity (Wildman–Crippen MR) is 82.8 cm³/mol. The molecular formula is C15H22N2OS. The molecule has 0 bridgehead atoms. The summed E-state index contributed by atoms with van der Waals surface area (Å²) in [5.74, 6) is 1.97. The van der Waals surface area contributed by atoms with Crippen molar-refractivity contribution in [3.63, 3.8) is 0 Å². The Kier molecular flexibility index (Phi) is 4.09. The number of amides is 1. The zero-order chi connectivity index (χ0) is 14.0. The van der Waals surface area contributed by atoms with Crippen LogP contribution >= 0.6 is 11.8 Å². The first kappa shape index (κ1) is 14.3.